The molecule has 1 aromatic rings. The molecular formula is C6H6ClN3O2. The predicted octanol–water partition coefficient (Wildman–Crippen LogP) is 0.287. The van der Waals surface area contributed by atoms with Crippen molar-refractivity contribution in [3.63, 3.8) is 0 Å². The van der Waals surface area contributed by atoms with Crippen molar-refractivity contribution in [3.8, 4) is 0 Å². The number of carbonyl (C=O) groups is 1. The number of rotatable bonds is 2. The van der Waals surface area contributed by atoms with Crippen LogP contribution in [0, 0.1) is 0 Å². The lowest BCUT2D eigenvalue weighted by atomic mass is 10.4. The monoisotopic (exact) mass is 187 g/mol. The molecule has 0 atom stereocenters. The topological polar surface area (TPSA) is 89.1 Å². The zero-order valence-corrected chi connectivity index (χ0v) is 6.75. The zero-order chi connectivity index (χ0) is 9.14. The molecule has 0 spiro atoms. The number of nitrogens with two attached hydrogens (primary N) is 1. The van der Waals surface area contributed by atoms with Gasteiger partial charge in [-0.25, -0.2) is 14.8 Å². The molecule has 3 N–H and O–H groups in total. The highest BCUT2D eigenvalue weighted by atomic mass is 35.5. The van der Waals surface area contributed by atoms with Gasteiger partial charge in [0, 0.05) is 0 Å². The molecule has 0 fully saturated rings. The van der Waals surface area contributed by atoms with Crippen LogP contribution in [0.2, 0.25) is 5.02 Å². The van der Waals surface area contributed by atoms with Crippen molar-refractivity contribution in [2.75, 3.05) is 0 Å². The lowest BCUT2D eigenvalue weighted by molar-refractivity contribution is 0.0690. The average molecular weight is 188 g/mol. The quantitative estimate of drug-likeness (QED) is 0.695. The first kappa shape index (κ1) is 8.89. The molecule has 1 heterocycles. The van der Waals surface area contributed by atoms with Crippen LogP contribution in [0.15, 0.2) is 6.20 Å². The molecular weight excluding hydrogens is 182 g/mol. The molecule has 5 nitrogen and oxygen atoms in total. The van der Waals surface area contributed by atoms with Crippen LogP contribution in [0.1, 0.15) is 16.3 Å². The summed E-state index contributed by atoms with van der Waals surface area (Å²) in [5, 5.41) is 8.58. The zero-order valence-electron chi connectivity index (χ0n) is 5.99. The molecule has 0 aliphatic heterocycles. The largest absolute Gasteiger partial charge is 0.476 e. The summed E-state index contributed by atoms with van der Waals surface area (Å²) in [4.78, 5) is 17.8. The minimum atomic E-state index is -1.18. The van der Waals surface area contributed by atoms with Crippen LogP contribution in [0.5, 0.6) is 0 Å². The van der Waals surface area contributed by atoms with Crippen LogP contribution in [-0.2, 0) is 6.54 Å². The number of halogens is 1. The highest BCUT2D eigenvalue weighted by Crippen LogP contribution is 2.11. The van der Waals surface area contributed by atoms with Gasteiger partial charge in [-0.1, -0.05) is 11.6 Å². The second-order valence-electron chi connectivity index (χ2n) is 1.99. The van der Waals surface area contributed by atoms with Gasteiger partial charge in [-0.3, -0.25) is 0 Å². The smallest absolute Gasteiger partial charge is 0.356 e. The molecule has 0 aliphatic rings. The first-order valence-corrected chi connectivity index (χ1v) is 3.47. The van der Waals surface area contributed by atoms with E-state index in [-0.39, 0.29) is 23.1 Å². The molecule has 0 aromatic carbocycles. The molecule has 1 rings (SSSR count). The Morgan fingerprint density at radius 3 is 2.92 bits per heavy atom. The number of hydrogen-bond donors (Lipinski definition) is 2. The van der Waals surface area contributed by atoms with E-state index >= 15 is 0 Å². The van der Waals surface area contributed by atoms with Crippen molar-refractivity contribution >= 4 is 17.6 Å². The van der Waals surface area contributed by atoms with E-state index in [2.05, 4.69) is 9.97 Å². The first-order valence-electron chi connectivity index (χ1n) is 3.10. The molecule has 0 bridgehead atoms. The normalized spacial score (nSPS) is 9.83. The number of aromatic carboxylic acids is 1. The Kier molecular flexibility index (Phi) is 2.57. The number of nitrogens with zero attached hydrogens (tertiary/aromatic N) is 2. The first-order chi connectivity index (χ1) is 5.65. The molecule has 64 valence electrons. The summed E-state index contributed by atoms with van der Waals surface area (Å²) in [5.74, 6) is -0.922. The van der Waals surface area contributed by atoms with Gasteiger partial charge in [0.1, 0.15) is 5.82 Å². The van der Waals surface area contributed by atoms with Crippen molar-refractivity contribution < 1.29 is 9.90 Å². The standard InChI is InChI=1S/C6H6ClN3O2/c7-3-2-9-4(1-8)10-5(3)6(11)12/h2H,1,8H2,(H,11,12). The van der Waals surface area contributed by atoms with Crippen molar-refractivity contribution in [1.29, 1.82) is 0 Å². The van der Waals surface area contributed by atoms with Crippen molar-refractivity contribution in [3.05, 3.63) is 22.7 Å². The van der Waals surface area contributed by atoms with Gasteiger partial charge in [-0.15, -0.1) is 0 Å². The maximum absolute atomic E-state index is 10.5. The molecule has 0 radical (unpaired) electrons. The van der Waals surface area contributed by atoms with E-state index in [0.29, 0.717) is 0 Å². The summed E-state index contributed by atoms with van der Waals surface area (Å²) in [6.07, 6.45) is 1.22. The van der Waals surface area contributed by atoms with Gasteiger partial charge in [-0.2, -0.15) is 0 Å². The van der Waals surface area contributed by atoms with Gasteiger partial charge < -0.3 is 10.8 Å². The van der Waals surface area contributed by atoms with E-state index in [4.69, 9.17) is 22.4 Å². The Balaban J connectivity index is 3.17. The van der Waals surface area contributed by atoms with Gasteiger partial charge in [-0.05, 0) is 0 Å². The molecule has 1 aromatic heterocycles. The van der Waals surface area contributed by atoms with Crippen LogP contribution >= 0.6 is 11.6 Å². The summed E-state index contributed by atoms with van der Waals surface area (Å²) >= 11 is 5.50. The van der Waals surface area contributed by atoms with Crippen LogP contribution in [0.3, 0.4) is 0 Å². The van der Waals surface area contributed by atoms with Crippen LogP contribution < -0.4 is 5.73 Å². The third-order valence-electron chi connectivity index (χ3n) is 1.18. The Morgan fingerprint density at radius 1 is 1.75 bits per heavy atom. The fourth-order valence-electron chi connectivity index (χ4n) is 0.652. The highest BCUT2D eigenvalue weighted by molar-refractivity contribution is 6.33. The summed E-state index contributed by atoms with van der Waals surface area (Å²) < 4.78 is 0. The van der Waals surface area contributed by atoms with E-state index in [9.17, 15) is 4.79 Å². The van der Waals surface area contributed by atoms with Crippen molar-refractivity contribution in [1.82, 2.24) is 9.97 Å². The third-order valence-corrected chi connectivity index (χ3v) is 1.46. The molecule has 0 aliphatic carbocycles. The lowest BCUT2D eigenvalue weighted by Gasteiger charge is -1.98. The number of carboxylic acids is 1. The Morgan fingerprint density at radius 2 is 2.42 bits per heavy atom. The third kappa shape index (κ3) is 1.69. The SMILES string of the molecule is NCc1ncc(Cl)c(C(=O)O)n1. The molecule has 0 amide bonds. The number of carboxylic acid groups (broad SMARTS) is 1. The van der Waals surface area contributed by atoms with E-state index in [1.54, 1.807) is 0 Å². The van der Waals surface area contributed by atoms with E-state index in [1.807, 2.05) is 0 Å². The number of aromatic nitrogens is 2. The summed E-state index contributed by atoms with van der Waals surface area (Å²) in [6.45, 7) is 0.0947. The van der Waals surface area contributed by atoms with Gasteiger partial charge >= 0.3 is 5.97 Å². The van der Waals surface area contributed by atoms with Crippen molar-refractivity contribution in [2.45, 2.75) is 6.54 Å². The molecule has 6 heteroatoms. The maximum atomic E-state index is 10.5. The molecule has 0 saturated heterocycles. The molecule has 0 unspecified atom stereocenters. The van der Waals surface area contributed by atoms with E-state index < -0.39 is 5.97 Å². The fraction of sp³-hybridized carbons (Fsp3) is 0.167. The summed E-state index contributed by atoms with van der Waals surface area (Å²) in [5.41, 5.74) is 4.99. The van der Waals surface area contributed by atoms with Crippen LogP contribution in [0.25, 0.3) is 0 Å². The van der Waals surface area contributed by atoms with Gasteiger partial charge in [0.2, 0.25) is 0 Å². The van der Waals surface area contributed by atoms with Crippen molar-refractivity contribution in [2.24, 2.45) is 5.73 Å². The maximum Gasteiger partial charge on any atom is 0.356 e. The summed E-state index contributed by atoms with van der Waals surface area (Å²) in [6, 6.07) is 0. The van der Waals surface area contributed by atoms with E-state index in [1.165, 1.54) is 6.20 Å². The highest BCUT2D eigenvalue weighted by Gasteiger charge is 2.11. The van der Waals surface area contributed by atoms with Gasteiger partial charge in [0.05, 0.1) is 17.8 Å². The molecule has 12 heavy (non-hydrogen) atoms. The second-order valence-corrected chi connectivity index (χ2v) is 2.40. The fourth-order valence-corrected chi connectivity index (χ4v) is 0.824. The Bertz CT molecular complexity index is 316. The summed E-state index contributed by atoms with van der Waals surface area (Å²) in [7, 11) is 0. The van der Waals surface area contributed by atoms with Gasteiger partial charge in [0.25, 0.3) is 0 Å². The number of hydrogen-bond acceptors (Lipinski definition) is 4. The van der Waals surface area contributed by atoms with Crippen LogP contribution in [-0.4, -0.2) is 21.0 Å². The predicted molar refractivity (Wildman–Crippen MR) is 41.9 cm³/mol. The van der Waals surface area contributed by atoms with Gasteiger partial charge in [0.15, 0.2) is 5.69 Å². The second kappa shape index (κ2) is 3.46. The minimum absolute atomic E-state index is 0.0136. The minimum Gasteiger partial charge on any atom is -0.476 e. The lowest BCUT2D eigenvalue weighted by Crippen LogP contribution is -2.09. The molecule has 0 saturated carbocycles. The Hall–Kier alpha value is -1.20. The Labute approximate surface area is 73.2 Å². The van der Waals surface area contributed by atoms with E-state index in [0.717, 1.165) is 0 Å². The van der Waals surface area contributed by atoms with Crippen LogP contribution in [0.4, 0.5) is 0 Å². The average Bonchev–Trinajstić information content (AvgIpc) is 2.05.